The Labute approximate surface area is 147 Å². The molecule has 1 amide bonds. The number of rotatable bonds is 5. The summed E-state index contributed by atoms with van der Waals surface area (Å²) in [7, 11) is 0. The lowest BCUT2D eigenvalue weighted by atomic mass is 10.0. The molecule has 0 spiro atoms. The molecule has 0 aliphatic carbocycles. The molecule has 0 aliphatic rings. The van der Waals surface area contributed by atoms with Crippen LogP contribution in [-0.2, 0) is 11.2 Å². The van der Waals surface area contributed by atoms with Crippen molar-refractivity contribution in [2.75, 3.05) is 5.32 Å². The third-order valence-electron chi connectivity index (χ3n) is 3.50. The maximum atomic E-state index is 12.2. The van der Waals surface area contributed by atoms with Crippen molar-refractivity contribution >= 4 is 29.2 Å². The molecule has 25 heavy (non-hydrogen) atoms. The highest BCUT2D eigenvalue weighted by atomic mass is 35.5. The Hall–Kier alpha value is -3.19. The molecule has 0 fully saturated rings. The van der Waals surface area contributed by atoms with Gasteiger partial charge in [0.1, 0.15) is 12.7 Å². The zero-order chi connectivity index (χ0) is 17.8. The van der Waals surface area contributed by atoms with Crippen molar-refractivity contribution in [2.45, 2.75) is 6.42 Å². The molecule has 7 nitrogen and oxygen atoms in total. The third-order valence-corrected chi connectivity index (χ3v) is 3.80. The molecule has 2 aromatic carbocycles. The van der Waals surface area contributed by atoms with Crippen molar-refractivity contribution < 1.29 is 14.7 Å². The fourth-order valence-corrected chi connectivity index (χ4v) is 2.63. The number of hydrogen-bond acceptors (Lipinski definition) is 4. The first kappa shape index (κ1) is 16.7. The smallest absolute Gasteiger partial charge is 0.335 e. The van der Waals surface area contributed by atoms with Crippen LogP contribution in [0.2, 0.25) is 5.02 Å². The summed E-state index contributed by atoms with van der Waals surface area (Å²) in [6.07, 6.45) is 2.86. The Morgan fingerprint density at radius 3 is 2.68 bits per heavy atom. The zero-order valence-corrected chi connectivity index (χ0v) is 13.6. The number of nitrogens with one attached hydrogen (secondary N) is 1. The fourth-order valence-electron chi connectivity index (χ4n) is 2.36. The normalized spacial score (nSPS) is 10.4. The van der Waals surface area contributed by atoms with Gasteiger partial charge in [0.15, 0.2) is 0 Å². The lowest BCUT2D eigenvalue weighted by Gasteiger charge is -2.09. The van der Waals surface area contributed by atoms with Crippen LogP contribution in [0, 0.1) is 0 Å². The van der Waals surface area contributed by atoms with Gasteiger partial charge in [-0.05, 0) is 29.8 Å². The van der Waals surface area contributed by atoms with E-state index in [4.69, 9.17) is 16.7 Å². The van der Waals surface area contributed by atoms with Gasteiger partial charge in [0.2, 0.25) is 5.91 Å². The highest BCUT2D eigenvalue weighted by Crippen LogP contribution is 2.24. The number of aromatic carboxylic acids is 1. The van der Waals surface area contributed by atoms with Crippen LogP contribution < -0.4 is 5.32 Å². The summed E-state index contributed by atoms with van der Waals surface area (Å²) in [6, 6.07) is 11.4. The first-order valence-electron chi connectivity index (χ1n) is 7.30. The van der Waals surface area contributed by atoms with Crippen LogP contribution in [0.4, 0.5) is 5.69 Å². The summed E-state index contributed by atoms with van der Waals surface area (Å²) in [4.78, 5) is 27.3. The first-order chi connectivity index (χ1) is 12.0. The van der Waals surface area contributed by atoms with Crippen molar-refractivity contribution in [3.8, 4) is 5.69 Å². The number of carbonyl (C=O) groups is 2. The number of nitrogens with zero attached hydrogens (tertiary/aromatic N) is 3. The second kappa shape index (κ2) is 7.14. The number of carboxylic acid groups (broad SMARTS) is 1. The highest BCUT2D eigenvalue weighted by molar-refractivity contribution is 6.32. The SMILES string of the molecule is O=C(Cc1ccccc1C(=O)O)Nc1ccc(-n2cncn2)c(Cl)c1. The number of halogens is 1. The van der Waals surface area contributed by atoms with Crippen molar-refractivity contribution in [2.24, 2.45) is 0 Å². The van der Waals surface area contributed by atoms with Crippen molar-refractivity contribution in [1.82, 2.24) is 14.8 Å². The molecule has 0 radical (unpaired) electrons. The zero-order valence-electron chi connectivity index (χ0n) is 12.9. The highest BCUT2D eigenvalue weighted by Gasteiger charge is 2.13. The van der Waals surface area contributed by atoms with Crippen LogP contribution in [0.15, 0.2) is 55.1 Å². The van der Waals surface area contributed by atoms with Crippen molar-refractivity contribution in [1.29, 1.82) is 0 Å². The average molecular weight is 357 g/mol. The number of carbonyl (C=O) groups excluding carboxylic acids is 1. The largest absolute Gasteiger partial charge is 0.478 e. The molecule has 1 aromatic heterocycles. The summed E-state index contributed by atoms with van der Waals surface area (Å²) >= 11 is 6.21. The maximum Gasteiger partial charge on any atom is 0.335 e. The van der Waals surface area contributed by atoms with Crippen LogP contribution in [-0.4, -0.2) is 31.7 Å². The first-order valence-corrected chi connectivity index (χ1v) is 7.68. The Morgan fingerprint density at radius 2 is 2.00 bits per heavy atom. The van der Waals surface area contributed by atoms with E-state index in [1.165, 1.54) is 23.4 Å². The van der Waals surface area contributed by atoms with Gasteiger partial charge in [0.05, 0.1) is 22.7 Å². The number of aromatic nitrogens is 3. The van der Waals surface area contributed by atoms with E-state index in [0.29, 0.717) is 22.0 Å². The predicted octanol–water partition coefficient (Wildman–Crippen LogP) is 2.80. The number of anilines is 1. The van der Waals surface area contributed by atoms with E-state index in [9.17, 15) is 9.59 Å². The molecule has 0 saturated carbocycles. The molecule has 0 bridgehead atoms. The van der Waals surface area contributed by atoms with Gasteiger partial charge < -0.3 is 10.4 Å². The summed E-state index contributed by atoms with van der Waals surface area (Å²) in [5.74, 6) is -1.40. The van der Waals surface area contributed by atoms with Crippen molar-refractivity contribution in [3.63, 3.8) is 0 Å². The van der Waals surface area contributed by atoms with Gasteiger partial charge in [-0.25, -0.2) is 14.5 Å². The molecular formula is C17H13ClN4O3. The van der Waals surface area contributed by atoms with Crippen LogP contribution in [0.1, 0.15) is 15.9 Å². The molecule has 0 atom stereocenters. The van der Waals surface area contributed by atoms with Gasteiger partial charge in [0.25, 0.3) is 0 Å². The van der Waals surface area contributed by atoms with Gasteiger partial charge in [0, 0.05) is 5.69 Å². The molecular weight excluding hydrogens is 344 g/mol. The van der Waals surface area contributed by atoms with E-state index in [1.807, 2.05) is 0 Å². The molecule has 0 unspecified atom stereocenters. The van der Waals surface area contributed by atoms with Gasteiger partial charge >= 0.3 is 5.97 Å². The Balaban J connectivity index is 1.74. The average Bonchev–Trinajstić information content (AvgIpc) is 3.09. The molecule has 0 saturated heterocycles. The van der Waals surface area contributed by atoms with Crippen LogP contribution in [0.5, 0.6) is 0 Å². The molecule has 0 aliphatic heterocycles. The van der Waals surface area contributed by atoms with Gasteiger partial charge in [-0.2, -0.15) is 5.10 Å². The fraction of sp³-hybridized carbons (Fsp3) is 0.0588. The Bertz CT molecular complexity index is 925. The minimum atomic E-state index is -1.07. The molecule has 126 valence electrons. The van der Waals surface area contributed by atoms with E-state index in [0.717, 1.165) is 0 Å². The molecule has 3 rings (SSSR count). The van der Waals surface area contributed by atoms with E-state index in [2.05, 4.69) is 15.4 Å². The second-order valence-electron chi connectivity index (χ2n) is 5.19. The Morgan fingerprint density at radius 1 is 1.20 bits per heavy atom. The quantitative estimate of drug-likeness (QED) is 0.732. The lowest BCUT2D eigenvalue weighted by Crippen LogP contribution is -2.16. The summed E-state index contributed by atoms with van der Waals surface area (Å²) < 4.78 is 1.51. The number of benzene rings is 2. The van der Waals surface area contributed by atoms with E-state index in [-0.39, 0.29) is 17.9 Å². The van der Waals surface area contributed by atoms with Gasteiger partial charge in [-0.1, -0.05) is 29.8 Å². The van der Waals surface area contributed by atoms with Crippen molar-refractivity contribution in [3.05, 3.63) is 71.3 Å². The lowest BCUT2D eigenvalue weighted by molar-refractivity contribution is -0.115. The monoisotopic (exact) mass is 356 g/mol. The molecule has 1 heterocycles. The molecule has 2 N–H and O–H groups in total. The number of amides is 1. The van der Waals surface area contributed by atoms with E-state index < -0.39 is 5.97 Å². The summed E-state index contributed by atoms with van der Waals surface area (Å²) in [6.45, 7) is 0. The predicted molar refractivity (Wildman–Crippen MR) is 92.1 cm³/mol. The number of carboxylic acids is 1. The molecule has 8 heteroatoms. The standard InChI is InChI=1S/C17H13ClN4O3/c18-14-8-12(5-6-15(14)22-10-19-9-20-22)21-16(23)7-11-3-1-2-4-13(11)17(24)25/h1-6,8-10H,7H2,(H,21,23)(H,24,25). The van der Waals surface area contributed by atoms with E-state index >= 15 is 0 Å². The summed E-state index contributed by atoms with van der Waals surface area (Å²) in [5, 5.41) is 16.3. The van der Waals surface area contributed by atoms with E-state index in [1.54, 1.807) is 36.4 Å². The topological polar surface area (TPSA) is 97.1 Å². The van der Waals surface area contributed by atoms with Gasteiger partial charge in [-0.3, -0.25) is 4.79 Å². The van der Waals surface area contributed by atoms with Crippen LogP contribution in [0.3, 0.4) is 0 Å². The minimum Gasteiger partial charge on any atom is -0.478 e. The minimum absolute atomic E-state index is 0.0507. The van der Waals surface area contributed by atoms with Crippen LogP contribution >= 0.6 is 11.6 Å². The number of hydrogen-bond donors (Lipinski definition) is 2. The molecule has 3 aromatic rings. The summed E-state index contributed by atoms with van der Waals surface area (Å²) in [5.41, 5.74) is 1.69. The maximum absolute atomic E-state index is 12.2. The third kappa shape index (κ3) is 3.84. The Kier molecular flexibility index (Phi) is 4.76. The van der Waals surface area contributed by atoms with Crippen LogP contribution in [0.25, 0.3) is 5.69 Å². The second-order valence-corrected chi connectivity index (χ2v) is 5.60. The van der Waals surface area contributed by atoms with Gasteiger partial charge in [-0.15, -0.1) is 0 Å².